The van der Waals surface area contributed by atoms with Crippen molar-refractivity contribution < 1.29 is 4.92 Å². The standard InChI is InChI=1S/C11H7ClN2O2/c12-10-9(14(15)16)6-7-13-11(10)8-4-2-1-3-5-8/h1-7H. The molecule has 80 valence electrons. The summed E-state index contributed by atoms with van der Waals surface area (Å²) in [7, 11) is 0. The lowest BCUT2D eigenvalue weighted by molar-refractivity contribution is -0.384. The van der Waals surface area contributed by atoms with Gasteiger partial charge in [-0.2, -0.15) is 0 Å². The van der Waals surface area contributed by atoms with Gasteiger partial charge in [-0.3, -0.25) is 15.1 Å². The van der Waals surface area contributed by atoms with Crippen molar-refractivity contribution in [3.63, 3.8) is 0 Å². The second-order valence-electron chi connectivity index (χ2n) is 3.12. The topological polar surface area (TPSA) is 56.0 Å². The molecule has 0 spiro atoms. The van der Waals surface area contributed by atoms with Gasteiger partial charge in [-0.1, -0.05) is 41.9 Å². The summed E-state index contributed by atoms with van der Waals surface area (Å²) >= 11 is 5.93. The number of pyridine rings is 1. The lowest BCUT2D eigenvalue weighted by Gasteiger charge is -2.02. The van der Waals surface area contributed by atoms with Gasteiger partial charge in [-0.15, -0.1) is 0 Å². The predicted molar refractivity (Wildman–Crippen MR) is 61.3 cm³/mol. The minimum atomic E-state index is -0.517. The first-order valence-electron chi connectivity index (χ1n) is 4.54. The van der Waals surface area contributed by atoms with Crippen molar-refractivity contribution in [3.8, 4) is 11.3 Å². The molecule has 16 heavy (non-hydrogen) atoms. The molecule has 0 atom stereocenters. The number of nitrogens with zero attached hydrogens (tertiary/aromatic N) is 2. The van der Waals surface area contributed by atoms with E-state index in [9.17, 15) is 10.1 Å². The van der Waals surface area contributed by atoms with E-state index in [0.29, 0.717) is 5.69 Å². The Morgan fingerprint density at radius 2 is 1.88 bits per heavy atom. The van der Waals surface area contributed by atoms with Crippen molar-refractivity contribution in [3.05, 3.63) is 57.7 Å². The zero-order valence-corrected chi connectivity index (χ0v) is 8.89. The number of aromatic nitrogens is 1. The summed E-state index contributed by atoms with van der Waals surface area (Å²) in [6.07, 6.45) is 1.38. The third-order valence-electron chi connectivity index (χ3n) is 2.11. The minimum Gasteiger partial charge on any atom is -0.258 e. The highest BCUT2D eigenvalue weighted by molar-refractivity contribution is 6.35. The Morgan fingerprint density at radius 3 is 2.50 bits per heavy atom. The fourth-order valence-electron chi connectivity index (χ4n) is 1.37. The largest absolute Gasteiger partial charge is 0.291 e. The first kappa shape index (κ1) is 10.6. The molecule has 0 amide bonds. The Hall–Kier alpha value is -1.94. The summed E-state index contributed by atoms with van der Waals surface area (Å²) in [6, 6.07) is 10.4. The van der Waals surface area contributed by atoms with Gasteiger partial charge in [0.25, 0.3) is 5.69 Å². The molecule has 0 aliphatic rings. The molecule has 4 nitrogen and oxygen atoms in total. The van der Waals surface area contributed by atoms with Crippen LogP contribution in [0.25, 0.3) is 11.3 Å². The highest BCUT2D eigenvalue weighted by Crippen LogP contribution is 2.32. The van der Waals surface area contributed by atoms with E-state index in [-0.39, 0.29) is 10.7 Å². The van der Waals surface area contributed by atoms with Crippen molar-refractivity contribution in [1.29, 1.82) is 0 Å². The van der Waals surface area contributed by atoms with Crippen LogP contribution in [0.1, 0.15) is 0 Å². The maximum absolute atomic E-state index is 10.7. The van der Waals surface area contributed by atoms with Crippen LogP contribution < -0.4 is 0 Å². The average Bonchev–Trinajstić information content (AvgIpc) is 2.30. The Bertz CT molecular complexity index is 529. The Morgan fingerprint density at radius 1 is 1.19 bits per heavy atom. The van der Waals surface area contributed by atoms with Gasteiger partial charge < -0.3 is 0 Å². The molecular weight excluding hydrogens is 228 g/mol. The molecule has 0 fully saturated rings. The van der Waals surface area contributed by atoms with Crippen LogP contribution in [0, 0.1) is 10.1 Å². The van der Waals surface area contributed by atoms with Crippen LogP contribution in [0.15, 0.2) is 42.6 Å². The molecule has 1 aromatic heterocycles. The van der Waals surface area contributed by atoms with E-state index >= 15 is 0 Å². The second kappa shape index (κ2) is 4.28. The Kier molecular flexibility index (Phi) is 2.83. The SMILES string of the molecule is O=[N+]([O-])c1ccnc(-c2ccccc2)c1Cl. The third-order valence-corrected chi connectivity index (χ3v) is 2.49. The van der Waals surface area contributed by atoms with Gasteiger partial charge in [0, 0.05) is 17.8 Å². The summed E-state index contributed by atoms with van der Waals surface area (Å²) in [5.74, 6) is 0. The molecule has 0 saturated carbocycles. The summed E-state index contributed by atoms with van der Waals surface area (Å²) in [6.45, 7) is 0. The zero-order valence-electron chi connectivity index (χ0n) is 8.13. The Balaban J connectivity index is 2.59. The average molecular weight is 235 g/mol. The summed E-state index contributed by atoms with van der Waals surface area (Å²) < 4.78 is 0. The van der Waals surface area contributed by atoms with E-state index in [1.54, 1.807) is 12.1 Å². The number of halogens is 1. The first-order chi connectivity index (χ1) is 7.70. The zero-order chi connectivity index (χ0) is 11.5. The molecule has 0 saturated heterocycles. The minimum absolute atomic E-state index is 0.0682. The van der Waals surface area contributed by atoms with Crippen LogP contribution in [-0.4, -0.2) is 9.91 Å². The van der Waals surface area contributed by atoms with Crippen molar-refractivity contribution in [2.75, 3.05) is 0 Å². The molecule has 0 radical (unpaired) electrons. The monoisotopic (exact) mass is 234 g/mol. The van der Waals surface area contributed by atoms with E-state index < -0.39 is 4.92 Å². The van der Waals surface area contributed by atoms with Crippen LogP contribution in [0.3, 0.4) is 0 Å². The summed E-state index contributed by atoms with van der Waals surface area (Å²) in [5, 5.41) is 10.8. The molecule has 2 rings (SSSR count). The van der Waals surface area contributed by atoms with Gasteiger partial charge in [0.2, 0.25) is 0 Å². The number of benzene rings is 1. The maximum Gasteiger partial charge on any atom is 0.291 e. The molecule has 0 aliphatic heterocycles. The third kappa shape index (κ3) is 1.87. The van der Waals surface area contributed by atoms with Crippen molar-refractivity contribution >= 4 is 17.3 Å². The Labute approximate surface area is 96.7 Å². The van der Waals surface area contributed by atoms with E-state index in [1.807, 2.05) is 18.2 Å². The van der Waals surface area contributed by atoms with Crippen molar-refractivity contribution in [2.24, 2.45) is 0 Å². The lowest BCUT2D eigenvalue weighted by Crippen LogP contribution is -1.92. The van der Waals surface area contributed by atoms with E-state index in [1.165, 1.54) is 12.3 Å². The smallest absolute Gasteiger partial charge is 0.258 e. The fraction of sp³-hybridized carbons (Fsp3) is 0. The van der Waals surface area contributed by atoms with Gasteiger partial charge in [-0.05, 0) is 0 Å². The lowest BCUT2D eigenvalue weighted by atomic mass is 10.1. The number of hydrogen-bond acceptors (Lipinski definition) is 3. The van der Waals surface area contributed by atoms with Gasteiger partial charge in [0.05, 0.1) is 10.6 Å². The molecule has 5 heteroatoms. The van der Waals surface area contributed by atoms with Gasteiger partial charge in [0.15, 0.2) is 0 Å². The molecule has 0 bridgehead atoms. The van der Waals surface area contributed by atoms with Gasteiger partial charge in [0.1, 0.15) is 5.02 Å². The van der Waals surface area contributed by atoms with Gasteiger partial charge >= 0.3 is 0 Å². The maximum atomic E-state index is 10.7. The quantitative estimate of drug-likeness (QED) is 0.592. The van der Waals surface area contributed by atoms with E-state index in [4.69, 9.17) is 11.6 Å². The normalized spacial score (nSPS) is 10.1. The highest BCUT2D eigenvalue weighted by Gasteiger charge is 2.17. The van der Waals surface area contributed by atoms with Gasteiger partial charge in [-0.25, -0.2) is 0 Å². The van der Waals surface area contributed by atoms with Crippen LogP contribution in [0.5, 0.6) is 0 Å². The number of nitro groups is 1. The van der Waals surface area contributed by atoms with E-state index in [0.717, 1.165) is 5.56 Å². The van der Waals surface area contributed by atoms with Crippen LogP contribution in [0.2, 0.25) is 5.02 Å². The van der Waals surface area contributed by atoms with E-state index in [2.05, 4.69) is 4.98 Å². The molecule has 0 unspecified atom stereocenters. The predicted octanol–water partition coefficient (Wildman–Crippen LogP) is 3.31. The van der Waals surface area contributed by atoms with Crippen LogP contribution in [-0.2, 0) is 0 Å². The van der Waals surface area contributed by atoms with Crippen LogP contribution >= 0.6 is 11.6 Å². The molecule has 1 aromatic carbocycles. The van der Waals surface area contributed by atoms with Crippen LogP contribution in [0.4, 0.5) is 5.69 Å². The van der Waals surface area contributed by atoms with Crippen molar-refractivity contribution in [1.82, 2.24) is 4.98 Å². The number of rotatable bonds is 2. The molecule has 1 heterocycles. The second-order valence-corrected chi connectivity index (χ2v) is 3.49. The molecular formula is C11H7ClN2O2. The summed E-state index contributed by atoms with van der Waals surface area (Å²) in [5.41, 5.74) is 1.06. The molecule has 2 aromatic rings. The first-order valence-corrected chi connectivity index (χ1v) is 4.92. The highest BCUT2D eigenvalue weighted by atomic mass is 35.5. The summed E-state index contributed by atoms with van der Waals surface area (Å²) in [4.78, 5) is 14.2. The fourth-order valence-corrected chi connectivity index (χ4v) is 1.66. The number of hydrogen-bond donors (Lipinski definition) is 0. The molecule has 0 N–H and O–H groups in total. The molecule has 0 aliphatic carbocycles. The van der Waals surface area contributed by atoms with Crippen molar-refractivity contribution in [2.45, 2.75) is 0 Å².